The summed E-state index contributed by atoms with van der Waals surface area (Å²) in [5, 5.41) is 9.20. The number of carbonyl (C=O) groups is 1. The molecular formula is C27H36N2O4Si. The third kappa shape index (κ3) is 5.77. The van der Waals surface area contributed by atoms with Crippen molar-refractivity contribution in [1.82, 2.24) is 10.2 Å². The van der Waals surface area contributed by atoms with Crippen molar-refractivity contribution >= 4 is 24.7 Å². The van der Waals surface area contributed by atoms with E-state index in [2.05, 4.69) is 79.5 Å². The average molecular weight is 481 g/mol. The molecular weight excluding hydrogens is 444 g/mol. The number of esters is 1. The molecule has 0 bridgehead atoms. The molecule has 182 valence electrons. The minimum absolute atomic E-state index is 0.0847. The summed E-state index contributed by atoms with van der Waals surface area (Å²) in [7, 11) is -2.60. The van der Waals surface area contributed by atoms with Gasteiger partial charge in [0.1, 0.15) is 5.60 Å². The van der Waals surface area contributed by atoms with Gasteiger partial charge in [-0.15, -0.1) is 0 Å². The zero-order valence-corrected chi connectivity index (χ0v) is 22.1. The lowest BCUT2D eigenvalue weighted by atomic mass is 10.1. The lowest BCUT2D eigenvalue weighted by molar-refractivity contribution is 0.0518. The fraction of sp³-hybridized carbons (Fsp3) is 0.407. The molecule has 0 atom stereocenters. The van der Waals surface area contributed by atoms with Gasteiger partial charge >= 0.3 is 5.97 Å². The number of benzene rings is 2. The van der Waals surface area contributed by atoms with Crippen LogP contribution in [-0.2, 0) is 9.16 Å². The Hall–Kier alpha value is -2.90. The molecule has 0 aliphatic heterocycles. The number of ether oxygens (including phenoxy) is 2. The van der Waals surface area contributed by atoms with E-state index in [4.69, 9.17) is 13.9 Å². The molecule has 6 nitrogen and oxygen atoms in total. The van der Waals surface area contributed by atoms with Gasteiger partial charge in [0.25, 0.3) is 8.32 Å². The topological polar surface area (TPSA) is 73.4 Å². The first-order valence-electron chi connectivity index (χ1n) is 11.8. The molecule has 3 aromatic rings. The second-order valence-electron chi connectivity index (χ2n) is 9.96. The van der Waals surface area contributed by atoms with Crippen LogP contribution in [0, 0.1) is 0 Å². The summed E-state index contributed by atoms with van der Waals surface area (Å²) in [5.41, 5.74) is -0.333. The highest BCUT2D eigenvalue weighted by molar-refractivity contribution is 6.99. The molecule has 0 fully saturated rings. The van der Waals surface area contributed by atoms with Gasteiger partial charge in [-0.2, -0.15) is 5.10 Å². The highest BCUT2D eigenvalue weighted by atomic mass is 28.4. The highest BCUT2D eigenvalue weighted by Gasteiger charge is 2.50. The van der Waals surface area contributed by atoms with Gasteiger partial charge in [-0.3, -0.25) is 0 Å². The second-order valence-corrected chi connectivity index (χ2v) is 14.3. The van der Waals surface area contributed by atoms with Crippen molar-refractivity contribution in [3.05, 3.63) is 72.4 Å². The third-order valence-corrected chi connectivity index (χ3v) is 10.9. The Bertz CT molecular complexity index is 1020. The molecule has 0 radical (unpaired) electrons. The van der Waals surface area contributed by atoms with Crippen molar-refractivity contribution in [3.63, 3.8) is 0 Å². The Morgan fingerprint density at radius 1 is 0.941 bits per heavy atom. The summed E-state index contributed by atoms with van der Waals surface area (Å²) in [6.45, 7) is 13.4. The van der Waals surface area contributed by atoms with Gasteiger partial charge in [0, 0.05) is 19.1 Å². The predicted octanol–water partition coefficient (Wildman–Crippen LogP) is 4.71. The van der Waals surface area contributed by atoms with Crippen LogP contribution in [-0.4, -0.2) is 43.3 Å². The maximum absolute atomic E-state index is 11.9. The van der Waals surface area contributed by atoms with Crippen LogP contribution in [0.1, 0.15) is 58.5 Å². The molecule has 1 N–H and O–H groups in total. The van der Waals surface area contributed by atoms with E-state index in [1.165, 1.54) is 10.4 Å². The summed E-state index contributed by atoms with van der Waals surface area (Å²) < 4.78 is 18.1. The summed E-state index contributed by atoms with van der Waals surface area (Å²) >= 11 is 0. The van der Waals surface area contributed by atoms with Crippen molar-refractivity contribution in [1.29, 1.82) is 0 Å². The minimum atomic E-state index is -2.60. The Morgan fingerprint density at radius 3 is 2.00 bits per heavy atom. The lowest BCUT2D eigenvalue weighted by Gasteiger charge is -2.43. The first-order valence-corrected chi connectivity index (χ1v) is 13.7. The van der Waals surface area contributed by atoms with Crippen LogP contribution in [0.2, 0.25) is 5.04 Å². The molecule has 0 unspecified atom stereocenters. The molecule has 3 rings (SSSR count). The lowest BCUT2D eigenvalue weighted by Crippen LogP contribution is -2.66. The molecule has 0 saturated heterocycles. The molecule has 0 amide bonds. The minimum Gasteiger partial charge on any atom is -0.472 e. The van der Waals surface area contributed by atoms with Gasteiger partial charge in [0.05, 0.1) is 6.61 Å². The maximum Gasteiger partial charge on any atom is 0.358 e. The molecule has 0 aliphatic rings. The summed E-state index contributed by atoms with van der Waals surface area (Å²) in [5.74, 6) is -0.0417. The molecule has 1 heterocycles. The number of hydrogen-bond acceptors (Lipinski definition) is 5. The van der Waals surface area contributed by atoms with E-state index in [1.807, 2.05) is 26.0 Å². The molecule has 0 aliphatic carbocycles. The predicted molar refractivity (Wildman–Crippen MR) is 137 cm³/mol. The second kappa shape index (κ2) is 10.6. The first kappa shape index (κ1) is 25.7. The molecule has 0 spiro atoms. The number of H-pyrrole nitrogens is 1. The van der Waals surface area contributed by atoms with E-state index in [0.717, 1.165) is 0 Å². The average Bonchev–Trinajstić information content (AvgIpc) is 3.25. The third-order valence-electron chi connectivity index (χ3n) is 5.86. The Kier molecular flexibility index (Phi) is 7.99. The van der Waals surface area contributed by atoms with Gasteiger partial charge in [-0.05, 0) is 36.2 Å². The molecule has 2 aromatic carbocycles. The fourth-order valence-corrected chi connectivity index (χ4v) is 8.79. The largest absolute Gasteiger partial charge is 0.472 e. The highest BCUT2D eigenvalue weighted by Crippen LogP contribution is 2.37. The SMILES string of the molecule is CCOC(=O)c1cc(OC(C)(C)CCO[Si](c2ccccc2)(c2ccccc2)C(C)(C)C)[nH]n1. The van der Waals surface area contributed by atoms with Gasteiger partial charge in [-0.25, -0.2) is 9.89 Å². The fourth-order valence-electron chi connectivity index (χ4n) is 4.23. The number of rotatable bonds is 10. The van der Waals surface area contributed by atoms with Crippen LogP contribution in [0.25, 0.3) is 0 Å². The van der Waals surface area contributed by atoms with Gasteiger partial charge in [0.2, 0.25) is 5.88 Å². The van der Waals surface area contributed by atoms with E-state index >= 15 is 0 Å². The smallest absolute Gasteiger partial charge is 0.358 e. The zero-order valence-electron chi connectivity index (χ0n) is 21.1. The first-order chi connectivity index (χ1) is 16.1. The van der Waals surface area contributed by atoms with Crippen LogP contribution in [0.4, 0.5) is 0 Å². The van der Waals surface area contributed by atoms with E-state index in [1.54, 1.807) is 13.0 Å². The number of aromatic nitrogens is 2. The zero-order chi connectivity index (χ0) is 24.8. The van der Waals surface area contributed by atoms with E-state index in [-0.39, 0.29) is 10.7 Å². The van der Waals surface area contributed by atoms with Crippen LogP contribution >= 0.6 is 0 Å². The van der Waals surface area contributed by atoms with E-state index in [0.29, 0.717) is 25.5 Å². The number of hydrogen-bond donors (Lipinski definition) is 1. The number of nitrogens with zero attached hydrogens (tertiary/aromatic N) is 1. The Morgan fingerprint density at radius 2 is 1.50 bits per heavy atom. The van der Waals surface area contributed by atoms with E-state index < -0.39 is 19.9 Å². The molecule has 7 heteroatoms. The Labute approximate surface area is 203 Å². The van der Waals surface area contributed by atoms with Crippen LogP contribution in [0.5, 0.6) is 5.88 Å². The van der Waals surface area contributed by atoms with Gasteiger partial charge < -0.3 is 13.9 Å². The number of nitrogens with one attached hydrogen (secondary N) is 1. The van der Waals surface area contributed by atoms with Crippen molar-refractivity contribution < 1.29 is 18.7 Å². The Balaban J connectivity index is 1.80. The van der Waals surface area contributed by atoms with E-state index in [9.17, 15) is 4.79 Å². The summed E-state index contributed by atoms with van der Waals surface area (Å²) in [6.07, 6.45) is 0.658. The van der Waals surface area contributed by atoms with Crippen molar-refractivity contribution in [2.75, 3.05) is 13.2 Å². The number of aromatic amines is 1. The maximum atomic E-state index is 11.9. The standard InChI is InChI=1S/C27H36N2O4Si/c1-7-31-25(30)23-20-24(29-28-23)33-27(5,6)18-19-32-34(26(2,3)4,21-14-10-8-11-15-21)22-16-12-9-13-17-22/h8-17,20H,7,18-19H2,1-6H3,(H,28,29). The molecule has 0 saturated carbocycles. The monoisotopic (exact) mass is 480 g/mol. The van der Waals surface area contributed by atoms with Gasteiger partial charge in [-0.1, -0.05) is 81.4 Å². The van der Waals surface area contributed by atoms with Crippen molar-refractivity contribution in [2.24, 2.45) is 0 Å². The number of carbonyl (C=O) groups excluding carboxylic acids is 1. The molecule has 34 heavy (non-hydrogen) atoms. The van der Waals surface area contributed by atoms with Crippen LogP contribution in [0.3, 0.4) is 0 Å². The quantitative estimate of drug-likeness (QED) is 0.336. The normalized spacial score (nSPS) is 12.4. The van der Waals surface area contributed by atoms with Crippen LogP contribution in [0.15, 0.2) is 66.7 Å². The van der Waals surface area contributed by atoms with Crippen molar-refractivity contribution in [3.8, 4) is 5.88 Å². The summed E-state index contributed by atoms with van der Waals surface area (Å²) in [4.78, 5) is 11.9. The van der Waals surface area contributed by atoms with Crippen LogP contribution < -0.4 is 15.1 Å². The summed E-state index contributed by atoms with van der Waals surface area (Å²) in [6, 6.07) is 22.8. The van der Waals surface area contributed by atoms with Gasteiger partial charge in [0.15, 0.2) is 5.69 Å². The molecule has 1 aromatic heterocycles. The van der Waals surface area contributed by atoms with Crippen molar-refractivity contribution in [2.45, 2.75) is 58.6 Å².